The number of rotatable bonds is 10. The number of halogens is 4. The number of alkyl halides is 2. The van der Waals surface area contributed by atoms with Crippen LogP contribution in [-0.4, -0.2) is 29.5 Å². The van der Waals surface area contributed by atoms with Crippen LogP contribution < -0.4 is 4.74 Å². The van der Waals surface area contributed by atoms with E-state index in [0.717, 1.165) is 17.8 Å². The summed E-state index contributed by atoms with van der Waals surface area (Å²) in [5.74, 6) is -0.620. The number of nitrogens with zero attached hydrogens (tertiary/aromatic N) is 6. The van der Waals surface area contributed by atoms with Gasteiger partial charge in [0.2, 0.25) is 5.75 Å². The lowest BCUT2D eigenvalue weighted by Crippen LogP contribution is -2.13. The first kappa shape index (κ1) is 26.9. The molecule has 204 valence electrons. The number of nitro groups is 1. The Morgan fingerprint density at radius 1 is 1.23 bits per heavy atom. The molecule has 9 nitrogen and oxygen atoms in total. The lowest BCUT2D eigenvalue weighted by atomic mass is 10.1. The zero-order valence-corrected chi connectivity index (χ0v) is 22.6. The molecule has 0 radical (unpaired) electrons. The Hall–Kier alpha value is -3.74. The Morgan fingerprint density at radius 2 is 2.00 bits per heavy atom. The molecule has 4 aromatic rings. The van der Waals surface area contributed by atoms with Gasteiger partial charge in [0.15, 0.2) is 6.20 Å². The van der Waals surface area contributed by atoms with E-state index in [1.165, 1.54) is 54.1 Å². The summed E-state index contributed by atoms with van der Waals surface area (Å²) < 4.78 is 51.5. The second kappa shape index (κ2) is 10.8. The van der Waals surface area contributed by atoms with Crippen LogP contribution in [0.2, 0.25) is 0 Å². The summed E-state index contributed by atoms with van der Waals surface area (Å²) in [6.07, 6.45) is 2.04. The van der Waals surface area contributed by atoms with E-state index in [4.69, 9.17) is 4.74 Å². The van der Waals surface area contributed by atoms with Crippen LogP contribution in [0.1, 0.15) is 60.5 Å². The summed E-state index contributed by atoms with van der Waals surface area (Å²) in [7, 11) is 0. The molecule has 1 fully saturated rings. The van der Waals surface area contributed by atoms with Gasteiger partial charge in [-0.2, -0.15) is 10.2 Å². The fourth-order valence-corrected chi connectivity index (χ4v) is 4.71. The molecule has 0 saturated heterocycles. The van der Waals surface area contributed by atoms with Gasteiger partial charge in [0.25, 0.3) is 6.43 Å². The highest BCUT2D eigenvalue weighted by Gasteiger charge is 2.26. The largest absolute Gasteiger partial charge is 0.478 e. The molecule has 39 heavy (non-hydrogen) atoms. The Kier molecular flexibility index (Phi) is 7.43. The maximum Gasteiger partial charge on any atom is 0.406 e. The molecule has 1 saturated carbocycles. The predicted molar refractivity (Wildman–Crippen MR) is 139 cm³/mol. The van der Waals surface area contributed by atoms with Gasteiger partial charge in [0.1, 0.15) is 17.6 Å². The van der Waals surface area contributed by atoms with E-state index >= 15 is 0 Å². The van der Waals surface area contributed by atoms with E-state index in [1.807, 2.05) is 17.8 Å². The molecule has 1 atom stereocenters. The van der Waals surface area contributed by atoms with Gasteiger partial charge in [0, 0.05) is 36.5 Å². The molecular formula is C26H24BrF3N6O3. The van der Waals surface area contributed by atoms with Crippen molar-refractivity contribution >= 4 is 21.7 Å². The predicted octanol–water partition coefficient (Wildman–Crippen LogP) is 6.66. The first-order valence-corrected chi connectivity index (χ1v) is 13.0. The van der Waals surface area contributed by atoms with Gasteiger partial charge in [-0.05, 0) is 88.3 Å². The van der Waals surface area contributed by atoms with Crippen LogP contribution in [-0.2, 0) is 13.0 Å². The van der Waals surface area contributed by atoms with Crippen molar-refractivity contribution in [1.82, 2.24) is 24.5 Å². The van der Waals surface area contributed by atoms with Crippen LogP contribution in [0.3, 0.4) is 0 Å². The van der Waals surface area contributed by atoms with E-state index in [9.17, 15) is 23.3 Å². The molecule has 3 heterocycles. The minimum atomic E-state index is -2.82. The van der Waals surface area contributed by atoms with Crippen LogP contribution in [0.4, 0.5) is 19.0 Å². The van der Waals surface area contributed by atoms with Crippen LogP contribution in [0.5, 0.6) is 5.75 Å². The van der Waals surface area contributed by atoms with Crippen molar-refractivity contribution in [2.24, 2.45) is 5.92 Å². The smallest absolute Gasteiger partial charge is 0.406 e. The van der Waals surface area contributed by atoms with Gasteiger partial charge in [-0.15, -0.1) is 0 Å². The summed E-state index contributed by atoms with van der Waals surface area (Å²) in [6.45, 7) is 4.26. The second-order valence-electron chi connectivity index (χ2n) is 9.55. The highest BCUT2D eigenvalue weighted by molar-refractivity contribution is 9.10. The lowest BCUT2D eigenvalue weighted by molar-refractivity contribution is -0.390. The highest BCUT2D eigenvalue weighted by atomic mass is 79.9. The molecule has 0 N–H and O–H groups in total. The summed E-state index contributed by atoms with van der Waals surface area (Å²) in [5.41, 5.74) is 2.24. The fraction of sp³-hybridized carbons (Fsp3) is 0.346. The minimum absolute atomic E-state index is 0.134. The topological polar surface area (TPSA) is 101 Å². The van der Waals surface area contributed by atoms with Gasteiger partial charge in [-0.1, -0.05) is 0 Å². The average molecular weight is 605 g/mol. The summed E-state index contributed by atoms with van der Waals surface area (Å²) >= 11 is 3.22. The summed E-state index contributed by atoms with van der Waals surface area (Å²) in [6, 6.07) is 6.53. The van der Waals surface area contributed by atoms with E-state index in [2.05, 4.69) is 31.1 Å². The van der Waals surface area contributed by atoms with Gasteiger partial charge >= 0.3 is 5.82 Å². The van der Waals surface area contributed by atoms with Crippen LogP contribution >= 0.6 is 15.9 Å². The van der Waals surface area contributed by atoms with Crippen molar-refractivity contribution in [2.45, 2.75) is 52.2 Å². The molecule has 1 aromatic carbocycles. The van der Waals surface area contributed by atoms with Crippen LogP contribution in [0.25, 0.3) is 5.69 Å². The van der Waals surface area contributed by atoms with Crippen LogP contribution in [0, 0.1) is 28.8 Å². The first-order valence-electron chi connectivity index (χ1n) is 12.3. The maximum absolute atomic E-state index is 14.4. The molecule has 13 heteroatoms. The summed E-state index contributed by atoms with van der Waals surface area (Å²) in [4.78, 5) is 14.6. The van der Waals surface area contributed by atoms with Gasteiger partial charge < -0.3 is 14.9 Å². The molecule has 1 aliphatic rings. The van der Waals surface area contributed by atoms with Crippen molar-refractivity contribution < 1.29 is 22.8 Å². The van der Waals surface area contributed by atoms with Gasteiger partial charge in [-0.25, -0.2) is 17.9 Å². The van der Waals surface area contributed by atoms with E-state index in [0.29, 0.717) is 21.8 Å². The van der Waals surface area contributed by atoms with Crippen molar-refractivity contribution in [3.63, 3.8) is 0 Å². The monoisotopic (exact) mass is 604 g/mol. The molecular weight excluding hydrogens is 581 g/mol. The molecule has 5 rings (SSSR count). The van der Waals surface area contributed by atoms with E-state index in [-0.39, 0.29) is 17.7 Å². The normalized spacial score (nSPS) is 14.1. The standard InChI is InChI=1S/C26H24BrF3N6O3/c1-14-17(13-34(32-14)12-16-3-4-16)7-20-10-22(25(29)30)33-35(20)23-6-5-19(28)9-21(23)15(2)39-24-8-18(27)11-31-26(24)36(37)38/h5-6,8-11,13,15-16,25H,3-4,7,12H2,1-2H3/t15-/m1/s1. The molecule has 1 aliphatic carbocycles. The zero-order chi connectivity index (χ0) is 27.8. The third-order valence-electron chi connectivity index (χ3n) is 6.52. The maximum atomic E-state index is 14.4. The molecule has 3 aromatic heterocycles. The number of benzene rings is 1. The SMILES string of the molecule is Cc1nn(CC2CC2)cc1Cc1cc(C(F)F)nn1-c1ccc(F)cc1[C@@H](C)Oc1cc(Br)cnc1[N+](=O)[O-]. The average Bonchev–Trinajstić information content (AvgIpc) is 3.48. The number of pyridine rings is 1. The molecule has 0 aliphatic heterocycles. The van der Waals surface area contributed by atoms with Crippen molar-refractivity contribution in [3.05, 3.63) is 91.3 Å². The molecule has 0 unspecified atom stereocenters. The fourth-order valence-electron chi connectivity index (χ4n) is 4.40. The lowest BCUT2D eigenvalue weighted by Gasteiger charge is -2.19. The Bertz CT molecular complexity index is 1540. The first-order chi connectivity index (χ1) is 18.6. The second-order valence-corrected chi connectivity index (χ2v) is 10.5. The van der Waals surface area contributed by atoms with E-state index < -0.39 is 34.8 Å². The van der Waals surface area contributed by atoms with E-state index in [1.54, 1.807) is 6.92 Å². The van der Waals surface area contributed by atoms with Crippen molar-refractivity contribution in [3.8, 4) is 11.4 Å². The number of hydrogen-bond acceptors (Lipinski definition) is 6. The third-order valence-corrected chi connectivity index (χ3v) is 6.95. The number of aromatic nitrogens is 5. The minimum Gasteiger partial charge on any atom is -0.478 e. The third kappa shape index (κ3) is 5.97. The van der Waals surface area contributed by atoms with Gasteiger partial charge in [0.05, 0.1) is 15.9 Å². The Labute approximate surface area is 229 Å². The highest BCUT2D eigenvalue weighted by Crippen LogP contribution is 2.35. The Balaban J connectivity index is 1.53. The van der Waals surface area contributed by atoms with Crippen LogP contribution in [0.15, 0.2) is 47.2 Å². The molecule has 0 amide bonds. The van der Waals surface area contributed by atoms with Crippen molar-refractivity contribution in [1.29, 1.82) is 0 Å². The summed E-state index contributed by atoms with van der Waals surface area (Å²) in [5, 5.41) is 20.2. The molecule has 0 bridgehead atoms. The number of hydrogen-bond donors (Lipinski definition) is 0. The Morgan fingerprint density at radius 3 is 2.69 bits per heavy atom. The van der Waals surface area contributed by atoms with Gasteiger partial charge in [-0.3, -0.25) is 4.68 Å². The quantitative estimate of drug-likeness (QED) is 0.148. The zero-order valence-electron chi connectivity index (χ0n) is 21.0. The number of ether oxygens (including phenoxy) is 1. The molecule has 0 spiro atoms. The van der Waals surface area contributed by atoms with Crippen molar-refractivity contribution in [2.75, 3.05) is 0 Å². The number of aryl methyl sites for hydroxylation is 1.